The molecule has 0 radical (unpaired) electrons. The van der Waals surface area contributed by atoms with Crippen LogP contribution in [0, 0.1) is 12.7 Å². The topological polar surface area (TPSA) is 27.1 Å². The molecule has 1 aromatic carbocycles. The molecule has 0 unspecified atom stereocenters. The number of hydrogen-bond acceptors (Lipinski definition) is 2. The van der Waals surface area contributed by atoms with Gasteiger partial charge in [0.15, 0.2) is 0 Å². The van der Waals surface area contributed by atoms with Gasteiger partial charge < -0.3 is 4.74 Å². The smallest absolute Gasteiger partial charge is 0.126 e. The number of fused-ring (bicyclic) bond motifs is 1. The highest BCUT2D eigenvalue weighted by atomic mass is 19.1. The minimum Gasteiger partial charge on any atom is -0.377 e. The van der Waals surface area contributed by atoms with Crippen LogP contribution < -0.4 is 0 Å². The Balaban J connectivity index is 2.19. The van der Waals surface area contributed by atoms with Crippen molar-refractivity contribution in [2.24, 2.45) is 0 Å². The second-order valence-electron chi connectivity index (χ2n) is 3.94. The molecule has 0 atom stereocenters. The van der Waals surface area contributed by atoms with Gasteiger partial charge in [-0.05, 0) is 24.6 Å². The molecule has 2 aromatic rings. The normalized spacial score (nSPS) is 16.9. The summed E-state index contributed by atoms with van der Waals surface area (Å²) in [6.45, 7) is 3.17. The highest BCUT2D eigenvalue weighted by Crippen LogP contribution is 2.24. The molecule has 0 N–H and O–H groups in total. The summed E-state index contributed by atoms with van der Waals surface area (Å²) in [5, 5.41) is 5.12. The zero-order chi connectivity index (χ0) is 10.4. The van der Waals surface area contributed by atoms with Crippen molar-refractivity contribution in [3.8, 4) is 0 Å². The lowest BCUT2D eigenvalue weighted by atomic mass is 10.1. The molecule has 1 aliphatic heterocycles. The predicted octanol–water partition coefficient (Wildman–Crippen LogP) is 2.06. The first-order chi connectivity index (χ1) is 7.25. The number of rotatable bonds is 1. The third-order valence-corrected chi connectivity index (χ3v) is 2.84. The van der Waals surface area contributed by atoms with E-state index in [1.54, 1.807) is 13.1 Å². The molecule has 0 aliphatic carbocycles. The fourth-order valence-electron chi connectivity index (χ4n) is 1.83. The summed E-state index contributed by atoms with van der Waals surface area (Å²) in [6.07, 6.45) is 1.70. The van der Waals surface area contributed by atoms with Gasteiger partial charge in [0, 0.05) is 5.39 Å². The molecular formula is C11H11FN2O. The second-order valence-corrected chi connectivity index (χ2v) is 3.94. The van der Waals surface area contributed by atoms with Gasteiger partial charge in [-0.2, -0.15) is 5.10 Å². The Morgan fingerprint density at radius 1 is 1.47 bits per heavy atom. The summed E-state index contributed by atoms with van der Waals surface area (Å²) < 4.78 is 20.3. The Morgan fingerprint density at radius 3 is 2.93 bits per heavy atom. The van der Waals surface area contributed by atoms with Crippen molar-refractivity contribution >= 4 is 10.9 Å². The van der Waals surface area contributed by atoms with Crippen LogP contribution in [0.1, 0.15) is 11.6 Å². The number of aryl methyl sites for hydroxylation is 1. The van der Waals surface area contributed by atoms with Gasteiger partial charge in [-0.25, -0.2) is 4.39 Å². The van der Waals surface area contributed by atoms with E-state index in [2.05, 4.69) is 5.10 Å². The molecule has 78 valence electrons. The van der Waals surface area contributed by atoms with Crippen molar-refractivity contribution in [3.05, 3.63) is 29.7 Å². The van der Waals surface area contributed by atoms with Crippen LogP contribution in [0.25, 0.3) is 10.9 Å². The highest BCUT2D eigenvalue weighted by molar-refractivity contribution is 5.79. The minimum absolute atomic E-state index is 0.174. The first kappa shape index (κ1) is 8.85. The average Bonchev–Trinajstić information content (AvgIpc) is 2.48. The molecule has 0 saturated carbocycles. The number of halogens is 1. The maximum atomic E-state index is 13.3. The van der Waals surface area contributed by atoms with Crippen LogP contribution in [0.2, 0.25) is 0 Å². The fraction of sp³-hybridized carbons (Fsp3) is 0.364. The van der Waals surface area contributed by atoms with E-state index in [0.29, 0.717) is 24.8 Å². The van der Waals surface area contributed by atoms with Gasteiger partial charge in [0.25, 0.3) is 0 Å². The molecule has 1 aromatic heterocycles. The Bertz CT molecular complexity index is 517. The van der Waals surface area contributed by atoms with Gasteiger partial charge in [0.1, 0.15) is 5.82 Å². The van der Waals surface area contributed by atoms with Crippen LogP contribution in [0.5, 0.6) is 0 Å². The fourth-order valence-corrected chi connectivity index (χ4v) is 1.83. The Hall–Kier alpha value is -1.42. The van der Waals surface area contributed by atoms with E-state index in [9.17, 15) is 4.39 Å². The van der Waals surface area contributed by atoms with E-state index < -0.39 is 0 Å². The molecule has 0 bridgehead atoms. The second kappa shape index (κ2) is 3.03. The third kappa shape index (κ3) is 1.25. The first-order valence-corrected chi connectivity index (χ1v) is 4.97. The predicted molar refractivity (Wildman–Crippen MR) is 54.3 cm³/mol. The Labute approximate surface area is 86.5 Å². The molecule has 0 amide bonds. The maximum Gasteiger partial charge on any atom is 0.126 e. The van der Waals surface area contributed by atoms with Gasteiger partial charge in [0.2, 0.25) is 0 Å². The number of hydrogen-bond donors (Lipinski definition) is 0. The molecule has 1 fully saturated rings. The van der Waals surface area contributed by atoms with Crippen LogP contribution in [-0.2, 0) is 4.74 Å². The summed E-state index contributed by atoms with van der Waals surface area (Å²) in [6, 6.07) is 3.69. The van der Waals surface area contributed by atoms with E-state index in [1.807, 2.05) is 10.7 Å². The van der Waals surface area contributed by atoms with Crippen LogP contribution >= 0.6 is 0 Å². The van der Waals surface area contributed by atoms with Crippen molar-refractivity contribution in [2.45, 2.75) is 13.0 Å². The van der Waals surface area contributed by atoms with Gasteiger partial charge in [-0.1, -0.05) is 0 Å². The van der Waals surface area contributed by atoms with Crippen molar-refractivity contribution in [3.63, 3.8) is 0 Å². The van der Waals surface area contributed by atoms with Gasteiger partial charge in [0.05, 0.1) is 31.0 Å². The molecule has 3 rings (SSSR count). The van der Waals surface area contributed by atoms with Crippen LogP contribution in [0.4, 0.5) is 4.39 Å². The molecule has 15 heavy (non-hydrogen) atoms. The lowest BCUT2D eigenvalue weighted by molar-refractivity contribution is -0.0266. The SMILES string of the molecule is Cc1cc2c(cnn2C2COC2)cc1F. The van der Waals surface area contributed by atoms with Crippen molar-refractivity contribution in [1.29, 1.82) is 0 Å². The van der Waals surface area contributed by atoms with Gasteiger partial charge >= 0.3 is 0 Å². The Kier molecular flexibility index (Phi) is 1.79. The zero-order valence-corrected chi connectivity index (χ0v) is 8.40. The minimum atomic E-state index is -0.174. The zero-order valence-electron chi connectivity index (χ0n) is 8.40. The lowest BCUT2D eigenvalue weighted by Crippen LogP contribution is -2.31. The molecule has 3 nitrogen and oxygen atoms in total. The summed E-state index contributed by atoms with van der Waals surface area (Å²) >= 11 is 0. The van der Waals surface area contributed by atoms with E-state index >= 15 is 0 Å². The number of ether oxygens (including phenoxy) is 1. The van der Waals surface area contributed by atoms with E-state index in [4.69, 9.17) is 4.74 Å². The van der Waals surface area contributed by atoms with E-state index in [-0.39, 0.29) is 5.82 Å². The third-order valence-electron chi connectivity index (χ3n) is 2.84. The summed E-state index contributed by atoms with van der Waals surface area (Å²) in [7, 11) is 0. The number of benzene rings is 1. The van der Waals surface area contributed by atoms with E-state index in [1.165, 1.54) is 6.07 Å². The monoisotopic (exact) mass is 206 g/mol. The van der Waals surface area contributed by atoms with Crippen LogP contribution in [0.15, 0.2) is 18.3 Å². The summed E-state index contributed by atoms with van der Waals surface area (Å²) in [5.41, 5.74) is 1.65. The average molecular weight is 206 g/mol. The van der Waals surface area contributed by atoms with Crippen molar-refractivity contribution < 1.29 is 9.13 Å². The Morgan fingerprint density at radius 2 is 2.27 bits per heavy atom. The lowest BCUT2D eigenvalue weighted by Gasteiger charge is -2.26. The van der Waals surface area contributed by atoms with Gasteiger partial charge in [-0.15, -0.1) is 0 Å². The first-order valence-electron chi connectivity index (χ1n) is 4.97. The standard InChI is InChI=1S/C11H11FN2O/c1-7-2-11-8(3-10(7)12)4-13-14(11)9-5-15-6-9/h2-4,9H,5-6H2,1H3. The quantitative estimate of drug-likeness (QED) is 0.714. The van der Waals surface area contributed by atoms with Crippen LogP contribution in [-0.4, -0.2) is 23.0 Å². The summed E-state index contributed by atoms with van der Waals surface area (Å²) in [4.78, 5) is 0. The number of aromatic nitrogens is 2. The van der Waals surface area contributed by atoms with Gasteiger partial charge in [-0.3, -0.25) is 4.68 Å². The molecule has 4 heteroatoms. The molecule has 1 aliphatic rings. The van der Waals surface area contributed by atoms with Crippen molar-refractivity contribution in [1.82, 2.24) is 9.78 Å². The highest BCUT2D eigenvalue weighted by Gasteiger charge is 2.22. The number of nitrogens with zero attached hydrogens (tertiary/aromatic N) is 2. The molecule has 2 heterocycles. The molecule has 1 saturated heterocycles. The van der Waals surface area contributed by atoms with Crippen molar-refractivity contribution in [2.75, 3.05) is 13.2 Å². The van der Waals surface area contributed by atoms with E-state index in [0.717, 1.165) is 10.9 Å². The largest absolute Gasteiger partial charge is 0.377 e. The molecular weight excluding hydrogens is 195 g/mol. The van der Waals surface area contributed by atoms with Crippen LogP contribution in [0.3, 0.4) is 0 Å². The maximum absolute atomic E-state index is 13.3. The molecule has 0 spiro atoms. The summed E-state index contributed by atoms with van der Waals surface area (Å²) in [5.74, 6) is -0.174.